The first kappa shape index (κ1) is 21.2. The number of hydrogen-bond acceptors (Lipinski definition) is 6. The molecule has 166 valence electrons. The summed E-state index contributed by atoms with van der Waals surface area (Å²) in [4.78, 5) is 37.8. The summed E-state index contributed by atoms with van der Waals surface area (Å²) in [6.45, 7) is 1.75. The predicted molar refractivity (Wildman–Crippen MR) is 115 cm³/mol. The molecule has 32 heavy (non-hydrogen) atoms. The zero-order valence-electron chi connectivity index (χ0n) is 17.6. The number of aromatic nitrogens is 4. The molecule has 1 fully saturated rings. The Morgan fingerprint density at radius 1 is 1.09 bits per heavy atom. The van der Waals surface area contributed by atoms with Gasteiger partial charge in [-0.15, -0.1) is 0 Å². The molecule has 11 nitrogen and oxygen atoms in total. The lowest BCUT2D eigenvalue weighted by Gasteiger charge is -2.27. The van der Waals surface area contributed by atoms with Crippen LogP contribution >= 0.6 is 0 Å². The second-order valence-corrected chi connectivity index (χ2v) is 7.69. The summed E-state index contributed by atoms with van der Waals surface area (Å²) in [5.41, 5.74) is 1.91. The van der Waals surface area contributed by atoms with E-state index >= 15 is 0 Å². The quantitative estimate of drug-likeness (QED) is 0.466. The summed E-state index contributed by atoms with van der Waals surface area (Å²) in [7, 11) is 1.68. The maximum atomic E-state index is 12.9. The minimum absolute atomic E-state index is 0.0765. The Balaban J connectivity index is 1.44. The van der Waals surface area contributed by atoms with Gasteiger partial charge in [-0.25, -0.2) is 0 Å². The lowest BCUT2D eigenvalue weighted by atomic mass is 10.1. The van der Waals surface area contributed by atoms with Crippen molar-refractivity contribution in [2.45, 2.75) is 25.8 Å². The van der Waals surface area contributed by atoms with Crippen LogP contribution in [0.4, 0.5) is 11.4 Å². The zero-order chi connectivity index (χ0) is 22.7. The van der Waals surface area contributed by atoms with Gasteiger partial charge in [0.2, 0.25) is 0 Å². The van der Waals surface area contributed by atoms with Crippen molar-refractivity contribution in [2.75, 3.05) is 18.4 Å². The largest absolute Gasteiger partial charge is 0.337 e. The normalized spacial score (nSPS) is 13.7. The highest BCUT2D eigenvalue weighted by Gasteiger charge is 2.25. The molecule has 0 unspecified atom stereocenters. The SMILES string of the molecule is Cn1ncc(NC(=O)c2ccc(Cn3cc([N+](=O)[O-])cn3)cc2)c1C(=O)N1CCCCC1. The fourth-order valence-electron chi connectivity index (χ4n) is 3.71. The second kappa shape index (κ2) is 9.00. The molecule has 0 saturated carbocycles. The van der Waals surface area contributed by atoms with E-state index in [9.17, 15) is 19.7 Å². The molecule has 1 aromatic carbocycles. The van der Waals surface area contributed by atoms with E-state index in [1.807, 2.05) is 0 Å². The van der Waals surface area contributed by atoms with E-state index in [0.717, 1.165) is 24.8 Å². The molecular formula is C21H23N7O4. The minimum Gasteiger partial charge on any atom is -0.337 e. The Morgan fingerprint density at radius 3 is 2.47 bits per heavy atom. The minimum atomic E-state index is -0.500. The summed E-state index contributed by atoms with van der Waals surface area (Å²) in [6.07, 6.45) is 7.09. The number of nitrogens with zero attached hydrogens (tertiary/aromatic N) is 6. The van der Waals surface area contributed by atoms with Gasteiger partial charge >= 0.3 is 5.69 Å². The first-order chi connectivity index (χ1) is 15.4. The van der Waals surface area contributed by atoms with Gasteiger partial charge in [-0.3, -0.25) is 29.1 Å². The van der Waals surface area contributed by atoms with Crippen LogP contribution in [0, 0.1) is 10.1 Å². The molecule has 0 spiro atoms. The van der Waals surface area contributed by atoms with E-state index in [1.54, 1.807) is 36.2 Å². The predicted octanol–water partition coefficient (Wildman–Crippen LogP) is 2.45. The van der Waals surface area contributed by atoms with Crippen LogP contribution in [-0.4, -0.2) is 54.3 Å². The average molecular weight is 437 g/mol. The van der Waals surface area contributed by atoms with Crippen molar-refractivity contribution in [1.82, 2.24) is 24.5 Å². The van der Waals surface area contributed by atoms with E-state index in [0.29, 0.717) is 36.6 Å². The van der Waals surface area contributed by atoms with Crippen molar-refractivity contribution < 1.29 is 14.5 Å². The Bertz CT molecular complexity index is 1140. The molecule has 3 heterocycles. The molecule has 2 aromatic heterocycles. The van der Waals surface area contributed by atoms with Gasteiger partial charge in [-0.1, -0.05) is 12.1 Å². The summed E-state index contributed by atoms with van der Waals surface area (Å²) in [5.74, 6) is -0.490. The lowest BCUT2D eigenvalue weighted by Crippen LogP contribution is -2.37. The number of rotatable bonds is 6. The molecular weight excluding hydrogens is 414 g/mol. The maximum absolute atomic E-state index is 12.9. The van der Waals surface area contributed by atoms with Gasteiger partial charge in [0.05, 0.1) is 23.4 Å². The van der Waals surface area contributed by atoms with Crippen LogP contribution in [0.1, 0.15) is 45.7 Å². The van der Waals surface area contributed by atoms with Crippen molar-refractivity contribution in [3.63, 3.8) is 0 Å². The van der Waals surface area contributed by atoms with Crippen LogP contribution in [0.3, 0.4) is 0 Å². The van der Waals surface area contributed by atoms with Crippen LogP contribution in [0.5, 0.6) is 0 Å². The van der Waals surface area contributed by atoms with Crippen LogP contribution in [0.15, 0.2) is 42.9 Å². The molecule has 4 rings (SSSR count). The van der Waals surface area contributed by atoms with Crippen molar-refractivity contribution in [3.05, 3.63) is 69.8 Å². The van der Waals surface area contributed by atoms with E-state index in [4.69, 9.17) is 0 Å². The standard InChI is InChI=1S/C21H23N7O4/c1-25-19(21(30)26-9-3-2-4-10-26)18(12-22-25)24-20(29)16-7-5-15(6-8-16)13-27-14-17(11-23-27)28(31)32/h5-8,11-12,14H,2-4,9-10,13H2,1H3,(H,24,29). The molecule has 0 bridgehead atoms. The van der Waals surface area contributed by atoms with Crippen LogP contribution in [0.2, 0.25) is 0 Å². The van der Waals surface area contributed by atoms with Gasteiger partial charge in [0, 0.05) is 25.7 Å². The molecule has 3 aromatic rings. The third-order valence-corrected chi connectivity index (χ3v) is 5.42. The molecule has 0 atom stereocenters. The number of benzene rings is 1. The number of aryl methyl sites for hydroxylation is 1. The van der Waals surface area contributed by atoms with Crippen LogP contribution in [0.25, 0.3) is 0 Å². The highest BCUT2D eigenvalue weighted by Crippen LogP contribution is 2.20. The van der Waals surface area contributed by atoms with Crippen LogP contribution < -0.4 is 5.32 Å². The molecule has 2 amide bonds. The number of carbonyl (C=O) groups excluding carboxylic acids is 2. The van der Waals surface area contributed by atoms with E-state index < -0.39 is 4.92 Å². The Hall–Kier alpha value is -4.02. The van der Waals surface area contributed by atoms with E-state index in [2.05, 4.69) is 15.5 Å². The Morgan fingerprint density at radius 2 is 1.81 bits per heavy atom. The van der Waals surface area contributed by atoms with Crippen molar-refractivity contribution in [2.24, 2.45) is 7.05 Å². The fourth-order valence-corrected chi connectivity index (χ4v) is 3.71. The fraction of sp³-hybridized carbons (Fsp3) is 0.333. The number of amides is 2. The monoisotopic (exact) mass is 437 g/mol. The Kier molecular flexibility index (Phi) is 5.97. The molecule has 1 aliphatic heterocycles. The highest BCUT2D eigenvalue weighted by atomic mass is 16.6. The first-order valence-corrected chi connectivity index (χ1v) is 10.3. The highest BCUT2D eigenvalue weighted by molar-refractivity contribution is 6.08. The zero-order valence-corrected chi connectivity index (χ0v) is 17.6. The molecule has 1 N–H and O–H groups in total. The number of piperidine rings is 1. The van der Waals surface area contributed by atoms with Gasteiger partial charge < -0.3 is 10.2 Å². The number of nitro groups is 1. The second-order valence-electron chi connectivity index (χ2n) is 7.69. The number of likely N-dealkylation sites (tertiary alicyclic amines) is 1. The average Bonchev–Trinajstić information content (AvgIpc) is 3.41. The lowest BCUT2D eigenvalue weighted by molar-refractivity contribution is -0.385. The summed E-state index contributed by atoms with van der Waals surface area (Å²) >= 11 is 0. The van der Waals surface area contributed by atoms with Gasteiger partial charge in [-0.2, -0.15) is 10.2 Å². The van der Waals surface area contributed by atoms with Gasteiger partial charge in [0.15, 0.2) is 0 Å². The molecule has 0 aliphatic carbocycles. The van der Waals surface area contributed by atoms with Gasteiger partial charge in [0.1, 0.15) is 18.1 Å². The Labute approximate surface area is 183 Å². The molecule has 0 radical (unpaired) electrons. The van der Waals surface area contributed by atoms with Crippen molar-refractivity contribution >= 4 is 23.2 Å². The van der Waals surface area contributed by atoms with E-state index in [1.165, 1.54) is 28.0 Å². The van der Waals surface area contributed by atoms with Crippen molar-refractivity contribution in [1.29, 1.82) is 0 Å². The smallest absolute Gasteiger partial charge is 0.307 e. The van der Waals surface area contributed by atoms with Crippen LogP contribution in [-0.2, 0) is 13.6 Å². The van der Waals surface area contributed by atoms with Gasteiger partial charge in [-0.05, 0) is 37.0 Å². The first-order valence-electron chi connectivity index (χ1n) is 10.3. The number of carbonyl (C=O) groups is 2. The van der Waals surface area contributed by atoms with E-state index in [-0.39, 0.29) is 17.5 Å². The summed E-state index contributed by atoms with van der Waals surface area (Å²) in [5, 5.41) is 21.7. The summed E-state index contributed by atoms with van der Waals surface area (Å²) in [6, 6.07) is 6.83. The molecule has 1 aliphatic rings. The summed E-state index contributed by atoms with van der Waals surface area (Å²) < 4.78 is 2.94. The topological polar surface area (TPSA) is 128 Å². The third-order valence-electron chi connectivity index (χ3n) is 5.42. The number of anilines is 1. The maximum Gasteiger partial charge on any atom is 0.307 e. The third kappa shape index (κ3) is 4.51. The van der Waals surface area contributed by atoms with Crippen molar-refractivity contribution in [3.8, 4) is 0 Å². The number of hydrogen-bond donors (Lipinski definition) is 1. The molecule has 11 heteroatoms. The van der Waals surface area contributed by atoms with Gasteiger partial charge in [0.25, 0.3) is 11.8 Å². The number of nitrogens with one attached hydrogen (secondary N) is 1. The molecule has 1 saturated heterocycles.